The van der Waals surface area contributed by atoms with Crippen LogP contribution in [0.3, 0.4) is 0 Å². The van der Waals surface area contributed by atoms with Crippen molar-refractivity contribution < 1.29 is 9.15 Å². The van der Waals surface area contributed by atoms with Gasteiger partial charge in [0.2, 0.25) is 0 Å². The smallest absolute Gasteiger partial charge is 0.191 e. The average molecular weight is 498 g/mol. The van der Waals surface area contributed by atoms with Gasteiger partial charge in [0.25, 0.3) is 0 Å². The third-order valence-corrected chi connectivity index (χ3v) is 4.61. The zero-order chi connectivity index (χ0) is 18.7. The van der Waals surface area contributed by atoms with E-state index in [1.807, 2.05) is 12.1 Å². The minimum Gasteiger partial charge on any atom is -0.469 e. The monoisotopic (exact) mass is 498 g/mol. The van der Waals surface area contributed by atoms with Crippen LogP contribution in [0, 0.1) is 0 Å². The summed E-state index contributed by atoms with van der Waals surface area (Å²) in [5.41, 5.74) is 2.61. The van der Waals surface area contributed by atoms with Crippen LogP contribution >= 0.6 is 24.0 Å². The SMILES string of the molecule is CCNC(=NCc1ccccc1CN1CCOCC1)NCCc1ccco1.I. The Morgan fingerprint density at radius 3 is 2.57 bits per heavy atom. The van der Waals surface area contributed by atoms with Crippen molar-refractivity contribution in [2.75, 3.05) is 39.4 Å². The van der Waals surface area contributed by atoms with Crippen molar-refractivity contribution in [1.82, 2.24) is 15.5 Å². The Labute approximate surface area is 184 Å². The van der Waals surface area contributed by atoms with Gasteiger partial charge >= 0.3 is 0 Å². The lowest BCUT2D eigenvalue weighted by molar-refractivity contribution is 0.0341. The van der Waals surface area contributed by atoms with Crippen LogP contribution in [0.15, 0.2) is 52.1 Å². The molecule has 1 aromatic heterocycles. The van der Waals surface area contributed by atoms with Crippen LogP contribution < -0.4 is 10.6 Å². The molecule has 0 aliphatic carbocycles. The zero-order valence-corrected chi connectivity index (χ0v) is 18.9. The number of ether oxygens (including phenoxy) is 1. The van der Waals surface area contributed by atoms with Crippen molar-refractivity contribution in [2.24, 2.45) is 4.99 Å². The van der Waals surface area contributed by atoms with Gasteiger partial charge in [-0.05, 0) is 30.2 Å². The molecule has 1 saturated heterocycles. The van der Waals surface area contributed by atoms with E-state index in [1.54, 1.807) is 6.26 Å². The molecule has 7 heteroatoms. The van der Waals surface area contributed by atoms with E-state index in [2.05, 4.69) is 46.7 Å². The first-order valence-corrected chi connectivity index (χ1v) is 9.76. The van der Waals surface area contributed by atoms with Gasteiger partial charge in [0, 0.05) is 39.1 Å². The molecule has 154 valence electrons. The van der Waals surface area contributed by atoms with E-state index in [0.29, 0.717) is 6.54 Å². The van der Waals surface area contributed by atoms with Gasteiger partial charge in [-0.25, -0.2) is 4.99 Å². The lowest BCUT2D eigenvalue weighted by Gasteiger charge is -2.27. The molecule has 2 heterocycles. The first-order chi connectivity index (χ1) is 13.3. The Bertz CT molecular complexity index is 700. The molecule has 0 atom stereocenters. The molecule has 0 bridgehead atoms. The highest BCUT2D eigenvalue weighted by atomic mass is 127. The van der Waals surface area contributed by atoms with E-state index in [0.717, 1.165) is 64.1 Å². The first kappa shape index (κ1) is 22.7. The summed E-state index contributed by atoms with van der Waals surface area (Å²) in [4.78, 5) is 7.22. The van der Waals surface area contributed by atoms with Gasteiger partial charge in [0.05, 0.1) is 26.0 Å². The van der Waals surface area contributed by atoms with Crippen molar-refractivity contribution >= 4 is 29.9 Å². The highest BCUT2D eigenvalue weighted by Crippen LogP contribution is 2.14. The molecule has 0 unspecified atom stereocenters. The molecule has 0 spiro atoms. The number of hydrogen-bond acceptors (Lipinski definition) is 4. The van der Waals surface area contributed by atoms with Crippen LogP contribution in [-0.4, -0.2) is 50.3 Å². The molecule has 1 aliphatic rings. The van der Waals surface area contributed by atoms with Gasteiger partial charge in [0.15, 0.2) is 5.96 Å². The molecule has 28 heavy (non-hydrogen) atoms. The number of benzene rings is 1. The Balaban J connectivity index is 0.00000280. The maximum atomic E-state index is 5.45. The summed E-state index contributed by atoms with van der Waals surface area (Å²) in [6.45, 7) is 8.96. The summed E-state index contributed by atoms with van der Waals surface area (Å²) in [5, 5.41) is 6.70. The molecule has 0 radical (unpaired) electrons. The minimum atomic E-state index is 0. The van der Waals surface area contributed by atoms with Gasteiger partial charge in [-0.1, -0.05) is 24.3 Å². The number of furan rings is 1. The predicted octanol–water partition coefficient (Wildman–Crippen LogP) is 3.03. The Kier molecular flexibility index (Phi) is 10.4. The second-order valence-corrected chi connectivity index (χ2v) is 6.61. The van der Waals surface area contributed by atoms with Crippen molar-refractivity contribution in [1.29, 1.82) is 0 Å². The van der Waals surface area contributed by atoms with E-state index >= 15 is 0 Å². The number of nitrogens with zero attached hydrogens (tertiary/aromatic N) is 2. The van der Waals surface area contributed by atoms with E-state index in [1.165, 1.54) is 11.1 Å². The largest absolute Gasteiger partial charge is 0.469 e. The lowest BCUT2D eigenvalue weighted by atomic mass is 10.1. The van der Waals surface area contributed by atoms with Crippen molar-refractivity contribution in [3.63, 3.8) is 0 Å². The van der Waals surface area contributed by atoms with Crippen LogP contribution in [0.4, 0.5) is 0 Å². The molecule has 1 aliphatic heterocycles. The minimum absolute atomic E-state index is 0. The standard InChI is InChI=1S/C21H30N4O2.HI/c1-2-22-21(23-10-9-20-8-5-13-27-20)24-16-18-6-3-4-7-19(18)17-25-11-14-26-15-12-25;/h3-8,13H,2,9-12,14-17H2,1H3,(H2,22,23,24);1H. The topological polar surface area (TPSA) is 62.0 Å². The fourth-order valence-electron chi connectivity index (χ4n) is 3.13. The fourth-order valence-corrected chi connectivity index (χ4v) is 3.13. The number of hydrogen-bond donors (Lipinski definition) is 2. The van der Waals surface area contributed by atoms with Crippen molar-refractivity contribution in [3.05, 3.63) is 59.5 Å². The number of rotatable bonds is 8. The second kappa shape index (κ2) is 12.8. The van der Waals surface area contributed by atoms with Gasteiger partial charge in [-0.2, -0.15) is 0 Å². The Morgan fingerprint density at radius 1 is 1.07 bits per heavy atom. The maximum absolute atomic E-state index is 5.45. The normalized spacial score (nSPS) is 15.1. The van der Waals surface area contributed by atoms with Gasteiger partial charge in [-0.3, -0.25) is 4.90 Å². The molecule has 1 aromatic carbocycles. The number of morpholine rings is 1. The molecule has 6 nitrogen and oxygen atoms in total. The Morgan fingerprint density at radius 2 is 1.86 bits per heavy atom. The van der Waals surface area contributed by atoms with Crippen molar-refractivity contribution in [2.45, 2.75) is 26.4 Å². The van der Waals surface area contributed by atoms with Gasteiger partial charge in [0.1, 0.15) is 5.76 Å². The number of nitrogens with one attached hydrogen (secondary N) is 2. The van der Waals surface area contributed by atoms with E-state index in [-0.39, 0.29) is 24.0 Å². The van der Waals surface area contributed by atoms with Crippen LogP contribution in [0.25, 0.3) is 0 Å². The number of aliphatic imine (C=N–C) groups is 1. The van der Waals surface area contributed by atoms with Gasteiger partial charge < -0.3 is 19.8 Å². The van der Waals surface area contributed by atoms with Gasteiger partial charge in [-0.15, -0.1) is 24.0 Å². The summed E-state index contributed by atoms with van der Waals surface area (Å²) in [5.74, 6) is 1.82. The zero-order valence-electron chi connectivity index (χ0n) is 16.5. The third-order valence-electron chi connectivity index (χ3n) is 4.61. The van der Waals surface area contributed by atoms with Crippen molar-refractivity contribution in [3.8, 4) is 0 Å². The molecule has 2 aromatic rings. The molecule has 0 saturated carbocycles. The molecular formula is C21H31IN4O2. The van der Waals surface area contributed by atoms with Crippen LogP contribution in [-0.2, 0) is 24.2 Å². The fraction of sp³-hybridized carbons (Fsp3) is 0.476. The number of guanidine groups is 1. The van der Waals surface area contributed by atoms with Crippen LogP contribution in [0.5, 0.6) is 0 Å². The van der Waals surface area contributed by atoms with E-state index in [4.69, 9.17) is 14.1 Å². The average Bonchev–Trinajstić information content (AvgIpc) is 3.21. The highest BCUT2D eigenvalue weighted by Gasteiger charge is 2.12. The maximum Gasteiger partial charge on any atom is 0.191 e. The molecule has 3 rings (SSSR count). The summed E-state index contributed by atoms with van der Waals surface area (Å²) < 4.78 is 10.8. The van der Waals surface area contributed by atoms with E-state index < -0.39 is 0 Å². The summed E-state index contributed by atoms with van der Waals surface area (Å²) >= 11 is 0. The lowest BCUT2D eigenvalue weighted by Crippen LogP contribution is -2.38. The molecule has 2 N–H and O–H groups in total. The third kappa shape index (κ3) is 7.44. The van der Waals surface area contributed by atoms with E-state index in [9.17, 15) is 0 Å². The Hall–Kier alpha value is -1.58. The second-order valence-electron chi connectivity index (χ2n) is 6.61. The summed E-state index contributed by atoms with van der Waals surface area (Å²) in [6, 6.07) is 12.5. The summed E-state index contributed by atoms with van der Waals surface area (Å²) in [6.07, 6.45) is 2.55. The summed E-state index contributed by atoms with van der Waals surface area (Å²) in [7, 11) is 0. The van der Waals surface area contributed by atoms with Crippen LogP contribution in [0.2, 0.25) is 0 Å². The molecular weight excluding hydrogens is 467 g/mol. The quantitative estimate of drug-likeness (QED) is 0.333. The molecule has 1 fully saturated rings. The van der Waals surface area contributed by atoms with Crippen LogP contribution in [0.1, 0.15) is 23.8 Å². The number of halogens is 1. The first-order valence-electron chi connectivity index (χ1n) is 9.76. The molecule has 0 amide bonds. The predicted molar refractivity (Wildman–Crippen MR) is 123 cm³/mol. The highest BCUT2D eigenvalue weighted by molar-refractivity contribution is 14.0.